The maximum atomic E-state index is 11.6. The van der Waals surface area contributed by atoms with Crippen LogP contribution in [0.5, 0.6) is 0 Å². The SMILES string of the molecule is CCCCCCC(=O)NNC(=O)CCc1ccccc1. The Morgan fingerprint density at radius 1 is 0.900 bits per heavy atom. The zero-order valence-electron chi connectivity index (χ0n) is 12.2. The van der Waals surface area contributed by atoms with Gasteiger partial charge in [0.25, 0.3) is 0 Å². The first-order valence-corrected chi connectivity index (χ1v) is 7.34. The molecule has 0 saturated carbocycles. The van der Waals surface area contributed by atoms with Crippen LogP contribution in [0.1, 0.15) is 51.0 Å². The Kier molecular flexibility index (Phi) is 8.11. The smallest absolute Gasteiger partial charge is 0.238 e. The van der Waals surface area contributed by atoms with Crippen LogP contribution in [-0.2, 0) is 16.0 Å². The highest BCUT2D eigenvalue weighted by molar-refractivity contribution is 5.81. The summed E-state index contributed by atoms with van der Waals surface area (Å²) in [6.07, 6.45) is 5.76. The van der Waals surface area contributed by atoms with Gasteiger partial charge in [-0.2, -0.15) is 0 Å². The largest absolute Gasteiger partial charge is 0.273 e. The molecule has 4 nitrogen and oxygen atoms in total. The quantitative estimate of drug-likeness (QED) is 0.566. The van der Waals surface area contributed by atoms with Crippen molar-refractivity contribution in [3.63, 3.8) is 0 Å². The Morgan fingerprint density at radius 3 is 2.20 bits per heavy atom. The summed E-state index contributed by atoms with van der Waals surface area (Å²) >= 11 is 0. The van der Waals surface area contributed by atoms with E-state index in [1.54, 1.807) is 0 Å². The van der Waals surface area contributed by atoms with Crippen molar-refractivity contribution in [2.24, 2.45) is 0 Å². The van der Waals surface area contributed by atoms with Gasteiger partial charge in [0.15, 0.2) is 0 Å². The number of nitrogens with one attached hydrogen (secondary N) is 2. The minimum Gasteiger partial charge on any atom is -0.273 e. The second-order valence-corrected chi connectivity index (χ2v) is 4.89. The Balaban J connectivity index is 2.09. The highest BCUT2D eigenvalue weighted by atomic mass is 16.2. The van der Waals surface area contributed by atoms with E-state index in [1.807, 2.05) is 30.3 Å². The van der Waals surface area contributed by atoms with Crippen molar-refractivity contribution in [2.75, 3.05) is 0 Å². The fourth-order valence-corrected chi connectivity index (χ4v) is 1.88. The average molecular weight is 276 g/mol. The molecule has 0 aliphatic rings. The standard InChI is InChI=1S/C16H24N2O2/c1-2-3-4-8-11-15(19)17-18-16(20)13-12-14-9-6-5-7-10-14/h5-7,9-10H,2-4,8,11-13H2,1H3,(H,17,19)(H,18,20). The van der Waals surface area contributed by atoms with Gasteiger partial charge in [0, 0.05) is 12.8 Å². The van der Waals surface area contributed by atoms with Crippen molar-refractivity contribution in [1.29, 1.82) is 0 Å². The number of hydrogen-bond acceptors (Lipinski definition) is 2. The highest BCUT2D eigenvalue weighted by Gasteiger charge is 2.04. The van der Waals surface area contributed by atoms with Crippen molar-refractivity contribution in [1.82, 2.24) is 10.9 Å². The summed E-state index contributed by atoms with van der Waals surface area (Å²) in [6, 6.07) is 9.82. The third kappa shape index (κ3) is 7.56. The number of carbonyl (C=O) groups excluding carboxylic acids is 2. The van der Waals surface area contributed by atoms with Gasteiger partial charge in [-0.1, -0.05) is 56.5 Å². The number of unbranched alkanes of at least 4 members (excludes halogenated alkanes) is 3. The predicted molar refractivity (Wildman–Crippen MR) is 79.8 cm³/mol. The lowest BCUT2D eigenvalue weighted by Crippen LogP contribution is -2.41. The molecule has 0 aromatic heterocycles. The summed E-state index contributed by atoms with van der Waals surface area (Å²) in [5.41, 5.74) is 6.03. The molecule has 1 aromatic carbocycles. The topological polar surface area (TPSA) is 58.2 Å². The molecular formula is C16H24N2O2. The molecule has 0 aliphatic carbocycles. The fourth-order valence-electron chi connectivity index (χ4n) is 1.88. The third-order valence-corrected chi connectivity index (χ3v) is 3.08. The molecule has 110 valence electrons. The van der Waals surface area contributed by atoms with Gasteiger partial charge in [-0.3, -0.25) is 20.4 Å². The Morgan fingerprint density at radius 2 is 1.55 bits per heavy atom. The molecule has 0 heterocycles. The lowest BCUT2D eigenvalue weighted by molar-refractivity contribution is -0.128. The van der Waals surface area contributed by atoms with E-state index in [0.29, 0.717) is 19.3 Å². The van der Waals surface area contributed by atoms with Crippen LogP contribution in [0.4, 0.5) is 0 Å². The molecule has 2 N–H and O–H groups in total. The van der Waals surface area contributed by atoms with E-state index in [9.17, 15) is 9.59 Å². The lowest BCUT2D eigenvalue weighted by atomic mass is 10.1. The first-order chi connectivity index (χ1) is 9.72. The van der Waals surface area contributed by atoms with Gasteiger partial charge >= 0.3 is 0 Å². The van der Waals surface area contributed by atoms with Crippen molar-refractivity contribution in [3.05, 3.63) is 35.9 Å². The normalized spacial score (nSPS) is 10.1. The molecular weight excluding hydrogens is 252 g/mol. The minimum atomic E-state index is -0.157. The predicted octanol–water partition coefficient (Wildman–Crippen LogP) is 2.74. The highest BCUT2D eigenvalue weighted by Crippen LogP contribution is 2.02. The van der Waals surface area contributed by atoms with E-state index in [4.69, 9.17) is 0 Å². The Labute approximate surface area is 120 Å². The molecule has 0 aliphatic heterocycles. The van der Waals surface area contributed by atoms with E-state index in [-0.39, 0.29) is 11.8 Å². The third-order valence-electron chi connectivity index (χ3n) is 3.08. The van der Waals surface area contributed by atoms with Gasteiger partial charge in [-0.15, -0.1) is 0 Å². The van der Waals surface area contributed by atoms with Crippen LogP contribution in [0.2, 0.25) is 0 Å². The maximum Gasteiger partial charge on any atom is 0.238 e. The average Bonchev–Trinajstić information content (AvgIpc) is 2.48. The number of hydrazine groups is 1. The second-order valence-electron chi connectivity index (χ2n) is 4.89. The molecule has 1 aromatic rings. The number of rotatable bonds is 8. The summed E-state index contributed by atoms with van der Waals surface area (Å²) in [7, 11) is 0. The van der Waals surface area contributed by atoms with E-state index in [0.717, 1.165) is 31.2 Å². The molecule has 2 amide bonds. The van der Waals surface area contributed by atoms with Crippen molar-refractivity contribution in [2.45, 2.75) is 51.9 Å². The molecule has 0 saturated heterocycles. The molecule has 0 unspecified atom stereocenters. The second kappa shape index (κ2) is 10.0. The molecule has 0 fully saturated rings. The number of hydrogen-bond donors (Lipinski definition) is 2. The van der Waals surface area contributed by atoms with Gasteiger partial charge in [0.05, 0.1) is 0 Å². The monoisotopic (exact) mass is 276 g/mol. The van der Waals surface area contributed by atoms with Crippen LogP contribution < -0.4 is 10.9 Å². The zero-order chi connectivity index (χ0) is 14.6. The van der Waals surface area contributed by atoms with E-state index in [1.165, 1.54) is 0 Å². The molecule has 0 atom stereocenters. The van der Waals surface area contributed by atoms with E-state index < -0.39 is 0 Å². The van der Waals surface area contributed by atoms with E-state index in [2.05, 4.69) is 17.8 Å². The van der Waals surface area contributed by atoms with Crippen LogP contribution in [0.3, 0.4) is 0 Å². The lowest BCUT2D eigenvalue weighted by Gasteiger charge is -2.07. The van der Waals surface area contributed by atoms with Crippen LogP contribution in [-0.4, -0.2) is 11.8 Å². The van der Waals surface area contributed by atoms with Crippen LogP contribution in [0, 0.1) is 0 Å². The number of benzene rings is 1. The number of amides is 2. The zero-order valence-corrected chi connectivity index (χ0v) is 12.2. The molecule has 0 radical (unpaired) electrons. The van der Waals surface area contributed by atoms with Gasteiger partial charge in [-0.25, -0.2) is 0 Å². The van der Waals surface area contributed by atoms with Crippen molar-refractivity contribution >= 4 is 11.8 Å². The number of carbonyl (C=O) groups is 2. The summed E-state index contributed by atoms with van der Waals surface area (Å²) in [5.74, 6) is -0.273. The summed E-state index contributed by atoms with van der Waals surface area (Å²) < 4.78 is 0. The van der Waals surface area contributed by atoms with Gasteiger partial charge in [0.2, 0.25) is 11.8 Å². The molecule has 0 spiro atoms. The minimum absolute atomic E-state index is 0.117. The Bertz CT molecular complexity index is 404. The molecule has 1 rings (SSSR count). The number of aryl methyl sites for hydroxylation is 1. The van der Waals surface area contributed by atoms with E-state index >= 15 is 0 Å². The maximum absolute atomic E-state index is 11.6. The fraction of sp³-hybridized carbons (Fsp3) is 0.500. The molecule has 20 heavy (non-hydrogen) atoms. The summed E-state index contributed by atoms with van der Waals surface area (Å²) in [5, 5.41) is 0. The molecule has 4 heteroatoms. The first kappa shape index (κ1) is 16.2. The molecule has 0 bridgehead atoms. The van der Waals surface area contributed by atoms with Crippen LogP contribution >= 0.6 is 0 Å². The van der Waals surface area contributed by atoms with Crippen molar-refractivity contribution in [3.8, 4) is 0 Å². The van der Waals surface area contributed by atoms with Gasteiger partial charge in [0.1, 0.15) is 0 Å². The Hall–Kier alpha value is -1.84. The van der Waals surface area contributed by atoms with Crippen LogP contribution in [0.15, 0.2) is 30.3 Å². The van der Waals surface area contributed by atoms with Crippen LogP contribution in [0.25, 0.3) is 0 Å². The van der Waals surface area contributed by atoms with Gasteiger partial charge in [-0.05, 0) is 18.4 Å². The summed E-state index contributed by atoms with van der Waals surface area (Å²) in [6.45, 7) is 2.13. The van der Waals surface area contributed by atoms with Gasteiger partial charge < -0.3 is 0 Å². The summed E-state index contributed by atoms with van der Waals surface area (Å²) in [4.78, 5) is 23.0. The first-order valence-electron chi connectivity index (χ1n) is 7.34. The van der Waals surface area contributed by atoms with Crippen molar-refractivity contribution < 1.29 is 9.59 Å².